The topological polar surface area (TPSA) is 93.3 Å². The number of piperidine rings is 2. The highest BCUT2D eigenvalue weighted by atomic mass is 35.5. The van der Waals surface area contributed by atoms with E-state index in [9.17, 15) is 4.79 Å². The summed E-state index contributed by atoms with van der Waals surface area (Å²) in [6, 6.07) is 5.92. The number of benzene rings is 2. The lowest BCUT2D eigenvalue weighted by Crippen LogP contribution is -2.61. The van der Waals surface area contributed by atoms with E-state index in [1.807, 2.05) is 30.0 Å². The second-order valence-corrected chi connectivity index (χ2v) is 12.9. The molecule has 5 heterocycles. The Bertz CT molecular complexity index is 1730. The maximum Gasteiger partial charge on any atom is 0.245 e. The molecule has 11 heteroatoms. The van der Waals surface area contributed by atoms with Crippen LogP contribution in [0.25, 0.3) is 32.9 Å². The Morgan fingerprint density at radius 3 is 2.60 bits per heavy atom. The predicted molar refractivity (Wildman–Crippen MR) is 169 cm³/mol. The quantitative estimate of drug-likeness (QED) is 0.296. The number of hydrogen-bond donors (Lipinski definition) is 2. The van der Waals surface area contributed by atoms with Gasteiger partial charge in [-0.1, -0.05) is 24.2 Å². The summed E-state index contributed by atoms with van der Waals surface area (Å²) >= 11 is 6.92. The van der Waals surface area contributed by atoms with Crippen LogP contribution in [-0.2, 0) is 4.79 Å². The van der Waals surface area contributed by atoms with Gasteiger partial charge in [0.15, 0.2) is 5.82 Å². The van der Waals surface area contributed by atoms with E-state index in [1.54, 1.807) is 6.20 Å². The highest BCUT2D eigenvalue weighted by Crippen LogP contribution is 2.46. The van der Waals surface area contributed by atoms with Crippen LogP contribution in [0, 0.1) is 18.2 Å². The van der Waals surface area contributed by atoms with Crippen molar-refractivity contribution >= 4 is 51.1 Å². The molecule has 3 saturated heterocycles. The van der Waals surface area contributed by atoms with Crippen molar-refractivity contribution in [3.05, 3.63) is 53.5 Å². The minimum absolute atomic E-state index is 0.0142. The van der Waals surface area contributed by atoms with Gasteiger partial charge in [0, 0.05) is 59.5 Å². The number of carbonyl (C=O) groups excluding carboxylic acids is 1. The molecule has 1 spiro atoms. The first kappa shape index (κ1) is 28.0. The molecule has 9 nitrogen and oxygen atoms in total. The molecule has 0 aliphatic carbocycles. The molecule has 43 heavy (non-hydrogen) atoms. The van der Waals surface area contributed by atoms with Gasteiger partial charge < -0.3 is 20.0 Å². The Morgan fingerprint density at radius 1 is 1.14 bits per heavy atom. The fraction of sp³-hybridized carbons (Fsp3) is 0.438. The Balaban J connectivity index is 1.29. The maximum atomic E-state index is 16.8. The number of H-pyrrole nitrogens is 1. The van der Waals surface area contributed by atoms with Crippen molar-refractivity contribution in [2.75, 3.05) is 56.5 Å². The van der Waals surface area contributed by atoms with E-state index in [0.29, 0.717) is 33.3 Å². The van der Waals surface area contributed by atoms with E-state index in [1.165, 1.54) is 6.08 Å². The molecule has 0 radical (unpaired) electrons. The summed E-state index contributed by atoms with van der Waals surface area (Å²) in [7, 11) is 2.13. The van der Waals surface area contributed by atoms with Gasteiger partial charge >= 0.3 is 0 Å². The smallest absolute Gasteiger partial charge is 0.245 e. The molecule has 2 aromatic heterocycles. The van der Waals surface area contributed by atoms with E-state index >= 15 is 4.39 Å². The number of carbonyl (C=O) groups is 1. The predicted octanol–water partition coefficient (Wildman–Crippen LogP) is 5.39. The molecule has 1 amide bonds. The van der Waals surface area contributed by atoms with Gasteiger partial charge in [-0.3, -0.25) is 9.89 Å². The Kier molecular flexibility index (Phi) is 7.01. The molecule has 0 unspecified atom stereocenters. The standard InChI is InChI=1S/C32H36ClFN8O/c1-4-25(43)41-13-9-32(10-14-41)17-42(18-32)30-21-15-23(33)27(26-19(2)5-6-24-22(26)16-35-39-24)28(34)29(21)37-31(38-30)36-20-7-11-40(3)12-8-20/h4-6,15-16,20H,1,7-14,17-18H2,2-3H3,(H,35,39)(H,36,37,38). The van der Waals surface area contributed by atoms with Crippen molar-refractivity contribution in [3.8, 4) is 11.1 Å². The lowest BCUT2D eigenvalue weighted by Gasteiger charge is -2.54. The lowest BCUT2D eigenvalue weighted by atomic mass is 9.72. The van der Waals surface area contributed by atoms with Crippen molar-refractivity contribution < 1.29 is 9.18 Å². The zero-order valence-electron chi connectivity index (χ0n) is 24.6. The molecule has 0 saturated carbocycles. The first-order chi connectivity index (χ1) is 20.7. The lowest BCUT2D eigenvalue weighted by molar-refractivity contribution is -0.128. The van der Waals surface area contributed by atoms with Gasteiger partial charge in [0.2, 0.25) is 11.9 Å². The number of nitrogens with one attached hydrogen (secondary N) is 2. The normalized spacial score (nSPS) is 19.3. The van der Waals surface area contributed by atoms with Crippen molar-refractivity contribution in [1.82, 2.24) is 30.0 Å². The number of aromatic nitrogens is 4. The van der Waals surface area contributed by atoms with Crippen LogP contribution in [0.5, 0.6) is 0 Å². The third-order valence-corrected chi connectivity index (χ3v) is 9.96. The molecular formula is C32H36ClFN8O. The van der Waals surface area contributed by atoms with Crippen LogP contribution in [0.3, 0.4) is 0 Å². The average Bonchev–Trinajstić information content (AvgIpc) is 3.47. The molecule has 2 aromatic carbocycles. The van der Waals surface area contributed by atoms with E-state index in [4.69, 9.17) is 21.6 Å². The number of fused-ring (bicyclic) bond motifs is 2. The zero-order chi connectivity index (χ0) is 29.9. The van der Waals surface area contributed by atoms with Crippen LogP contribution >= 0.6 is 11.6 Å². The van der Waals surface area contributed by atoms with Gasteiger partial charge in [-0.15, -0.1) is 0 Å². The van der Waals surface area contributed by atoms with Gasteiger partial charge in [-0.2, -0.15) is 10.1 Å². The minimum Gasteiger partial charge on any atom is -0.355 e. The minimum atomic E-state index is -0.458. The van der Waals surface area contributed by atoms with E-state index in [2.05, 4.69) is 38.9 Å². The molecule has 0 bridgehead atoms. The van der Waals surface area contributed by atoms with Gasteiger partial charge in [0.1, 0.15) is 11.3 Å². The van der Waals surface area contributed by atoms with Gasteiger partial charge in [-0.25, -0.2) is 9.37 Å². The third-order valence-electron chi connectivity index (χ3n) is 9.66. The van der Waals surface area contributed by atoms with Gasteiger partial charge in [0.25, 0.3) is 0 Å². The Labute approximate surface area is 255 Å². The molecule has 7 rings (SSSR count). The van der Waals surface area contributed by atoms with Crippen LogP contribution in [0.4, 0.5) is 16.2 Å². The highest BCUT2D eigenvalue weighted by molar-refractivity contribution is 6.35. The van der Waals surface area contributed by atoms with Crippen LogP contribution in [0.1, 0.15) is 31.2 Å². The van der Waals surface area contributed by atoms with Crippen molar-refractivity contribution in [1.29, 1.82) is 0 Å². The number of hydrogen-bond acceptors (Lipinski definition) is 7. The second kappa shape index (κ2) is 10.7. The monoisotopic (exact) mass is 602 g/mol. The molecule has 2 N–H and O–H groups in total. The van der Waals surface area contributed by atoms with Gasteiger partial charge in [0.05, 0.1) is 16.7 Å². The molecule has 4 aromatic rings. The summed E-state index contributed by atoms with van der Waals surface area (Å²) in [6.45, 7) is 10.6. The van der Waals surface area contributed by atoms with Crippen molar-refractivity contribution in [2.45, 2.75) is 38.6 Å². The molecule has 3 aliphatic heterocycles. The number of aromatic amines is 1. The summed E-state index contributed by atoms with van der Waals surface area (Å²) in [5.41, 5.74) is 3.12. The number of nitrogens with zero attached hydrogens (tertiary/aromatic N) is 6. The van der Waals surface area contributed by atoms with Gasteiger partial charge in [-0.05, 0) is 76.5 Å². The third kappa shape index (κ3) is 4.90. The van der Waals surface area contributed by atoms with Crippen LogP contribution in [0.15, 0.2) is 37.1 Å². The number of aryl methyl sites for hydroxylation is 1. The summed E-state index contributed by atoms with van der Waals surface area (Å²) in [5, 5.41) is 12.4. The van der Waals surface area contributed by atoms with Crippen LogP contribution in [0.2, 0.25) is 5.02 Å². The second-order valence-electron chi connectivity index (χ2n) is 12.5. The largest absolute Gasteiger partial charge is 0.355 e. The maximum absolute atomic E-state index is 16.8. The summed E-state index contributed by atoms with van der Waals surface area (Å²) in [6.07, 6.45) is 6.87. The summed E-state index contributed by atoms with van der Waals surface area (Å²) < 4.78 is 16.8. The van der Waals surface area contributed by atoms with E-state index < -0.39 is 5.82 Å². The highest BCUT2D eigenvalue weighted by Gasteiger charge is 2.46. The SMILES string of the molecule is C=CC(=O)N1CCC2(CC1)CN(c1nc(NC3CCN(C)CC3)nc3c(F)c(-c4c(C)ccc5[nH]ncc45)c(Cl)cc13)C2. The average molecular weight is 603 g/mol. The molecular weight excluding hydrogens is 567 g/mol. The number of amides is 1. The Morgan fingerprint density at radius 2 is 1.88 bits per heavy atom. The first-order valence-electron chi connectivity index (χ1n) is 15.0. The van der Waals surface area contributed by atoms with Crippen molar-refractivity contribution in [2.24, 2.45) is 5.41 Å². The zero-order valence-corrected chi connectivity index (χ0v) is 25.3. The fourth-order valence-corrected chi connectivity index (χ4v) is 7.36. The number of rotatable bonds is 5. The molecule has 224 valence electrons. The Hall–Kier alpha value is -3.76. The molecule has 3 fully saturated rings. The fourth-order valence-electron chi connectivity index (χ4n) is 7.07. The first-order valence-corrected chi connectivity index (χ1v) is 15.4. The van der Waals surface area contributed by atoms with Crippen LogP contribution in [-0.4, -0.2) is 88.2 Å². The van der Waals surface area contributed by atoms with E-state index in [-0.39, 0.29) is 22.9 Å². The number of likely N-dealkylation sites (tertiary alicyclic amines) is 2. The van der Waals surface area contributed by atoms with Crippen molar-refractivity contribution in [3.63, 3.8) is 0 Å². The molecule has 0 atom stereocenters. The molecule has 3 aliphatic rings. The number of anilines is 2. The van der Waals surface area contributed by atoms with Crippen LogP contribution < -0.4 is 10.2 Å². The summed E-state index contributed by atoms with van der Waals surface area (Å²) in [4.78, 5) is 28.3. The number of halogens is 2. The summed E-state index contributed by atoms with van der Waals surface area (Å²) in [5.74, 6) is 0.664. The van der Waals surface area contributed by atoms with E-state index in [0.717, 1.165) is 81.4 Å².